The summed E-state index contributed by atoms with van der Waals surface area (Å²) in [5.74, 6) is -5.91. The number of benzene rings is 1. The van der Waals surface area contributed by atoms with E-state index in [1.807, 2.05) is 20.8 Å². The van der Waals surface area contributed by atoms with E-state index in [-0.39, 0.29) is 36.4 Å². The SMILES string of the molecule is CC(C)(C)c1ccc(C(F)(F)C(=O)NCc2scc3c2CN(C2CCC(=O)NC2=O)C3O)cc1. The van der Waals surface area contributed by atoms with Gasteiger partial charge in [-0.1, -0.05) is 45.0 Å². The van der Waals surface area contributed by atoms with Crippen LogP contribution in [-0.4, -0.2) is 33.8 Å². The Morgan fingerprint density at radius 1 is 1.21 bits per heavy atom. The first kappa shape index (κ1) is 24.4. The van der Waals surface area contributed by atoms with Gasteiger partial charge in [-0.05, 0) is 28.3 Å². The van der Waals surface area contributed by atoms with Crippen molar-refractivity contribution in [3.8, 4) is 0 Å². The zero-order valence-electron chi connectivity index (χ0n) is 19.2. The third-order valence-electron chi connectivity index (χ3n) is 6.36. The number of thiophene rings is 1. The number of nitrogens with one attached hydrogen (secondary N) is 2. The fraction of sp³-hybridized carbons (Fsp3) is 0.458. The summed E-state index contributed by atoms with van der Waals surface area (Å²) in [7, 11) is 0. The second-order valence-corrected chi connectivity index (χ2v) is 10.7. The van der Waals surface area contributed by atoms with Gasteiger partial charge < -0.3 is 10.4 Å². The van der Waals surface area contributed by atoms with Gasteiger partial charge in [0.2, 0.25) is 11.8 Å². The van der Waals surface area contributed by atoms with Crippen LogP contribution < -0.4 is 10.6 Å². The molecule has 3 heterocycles. The lowest BCUT2D eigenvalue weighted by atomic mass is 9.86. The predicted molar refractivity (Wildman–Crippen MR) is 122 cm³/mol. The molecule has 7 nitrogen and oxygen atoms in total. The number of imide groups is 1. The number of hydrogen-bond acceptors (Lipinski definition) is 6. The molecule has 3 amide bonds. The lowest BCUT2D eigenvalue weighted by Gasteiger charge is -2.31. The molecule has 34 heavy (non-hydrogen) atoms. The van der Waals surface area contributed by atoms with E-state index in [9.17, 15) is 28.3 Å². The maximum atomic E-state index is 14.8. The summed E-state index contributed by atoms with van der Waals surface area (Å²) in [4.78, 5) is 38.2. The molecule has 3 N–H and O–H groups in total. The maximum Gasteiger partial charge on any atom is 0.349 e. The van der Waals surface area contributed by atoms with E-state index in [0.29, 0.717) is 22.4 Å². The Balaban J connectivity index is 1.43. The van der Waals surface area contributed by atoms with Crippen molar-refractivity contribution < 1.29 is 28.3 Å². The Kier molecular flexibility index (Phi) is 6.34. The molecule has 1 aromatic heterocycles. The molecule has 1 fully saturated rings. The molecular weight excluding hydrogens is 464 g/mol. The Morgan fingerprint density at radius 2 is 1.85 bits per heavy atom. The van der Waals surface area contributed by atoms with Crippen molar-refractivity contribution in [3.63, 3.8) is 0 Å². The van der Waals surface area contributed by atoms with E-state index < -0.39 is 30.0 Å². The van der Waals surface area contributed by atoms with Crippen LogP contribution in [0.5, 0.6) is 0 Å². The first-order chi connectivity index (χ1) is 15.9. The third kappa shape index (κ3) is 4.49. The lowest BCUT2D eigenvalue weighted by molar-refractivity contribution is -0.147. The van der Waals surface area contributed by atoms with Gasteiger partial charge in [-0.25, -0.2) is 0 Å². The van der Waals surface area contributed by atoms with Crippen LogP contribution in [0.1, 0.15) is 67.0 Å². The number of aliphatic hydroxyl groups is 1. The lowest BCUT2D eigenvalue weighted by Crippen LogP contribution is -2.51. The van der Waals surface area contributed by atoms with Crippen LogP contribution in [0.3, 0.4) is 0 Å². The number of nitrogens with zero attached hydrogens (tertiary/aromatic N) is 1. The molecular formula is C24H27F2N3O4S. The van der Waals surface area contributed by atoms with E-state index >= 15 is 0 Å². The van der Waals surface area contributed by atoms with Crippen LogP contribution in [0.15, 0.2) is 29.6 Å². The van der Waals surface area contributed by atoms with Gasteiger partial charge in [0.15, 0.2) is 0 Å². The highest BCUT2D eigenvalue weighted by Crippen LogP contribution is 2.40. The smallest absolute Gasteiger partial charge is 0.349 e. The Labute approximate surface area is 200 Å². The minimum absolute atomic E-state index is 0.121. The van der Waals surface area contributed by atoms with E-state index in [1.165, 1.54) is 23.5 Å². The summed E-state index contributed by atoms with van der Waals surface area (Å²) in [5.41, 5.74) is 1.61. The van der Waals surface area contributed by atoms with E-state index in [0.717, 1.165) is 5.56 Å². The minimum Gasteiger partial charge on any atom is -0.374 e. The van der Waals surface area contributed by atoms with Crippen molar-refractivity contribution in [3.05, 3.63) is 56.8 Å². The molecule has 2 unspecified atom stereocenters. The summed E-state index contributed by atoms with van der Waals surface area (Å²) in [6, 6.07) is 5.10. The number of hydrogen-bond donors (Lipinski definition) is 3. The van der Waals surface area contributed by atoms with Crippen LogP contribution in [0.2, 0.25) is 0 Å². The van der Waals surface area contributed by atoms with Crippen molar-refractivity contribution >= 4 is 29.1 Å². The molecule has 0 spiro atoms. The highest BCUT2D eigenvalue weighted by molar-refractivity contribution is 7.10. The average Bonchev–Trinajstić information content (AvgIpc) is 3.31. The number of amides is 3. The largest absolute Gasteiger partial charge is 0.374 e. The van der Waals surface area contributed by atoms with Crippen molar-refractivity contribution in [1.82, 2.24) is 15.5 Å². The molecule has 0 bridgehead atoms. The number of rotatable bonds is 5. The van der Waals surface area contributed by atoms with Crippen molar-refractivity contribution in [2.24, 2.45) is 0 Å². The van der Waals surface area contributed by atoms with E-state index in [1.54, 1.807) is 22.4 Å². The fourth-order valence-corrected chi connectivity index (χ4v) is 5.30. The van der Waals surface area contributed by atoms with Crippen LogP contribution in [-0.2, 0) is 38.8 Å². The molecule has 2 aliphatic heterocycles. The topological polar surface area (TPSA) is 98.7 Å². The molecule has 1 saturated heterocycles. The van der Waals surface area contributed by atoms with Crippen LogP contribution in [0.25, 0.3) is 0 Å². The number of carbonyl (C=O) groups is 3. The summed E-state index contributed by atoms with van der Waals surface area (Å²) in [6.07, 6.45) is -0.564. The first-order valence-electron chi connectivity index (χ1n) is 11.0. The number of piperidine rings is 1. The first-order valence-corrected chi connectivity index (χ1v) is 11.9. The molecule has 0 aliphatic carbocycles. The van der Waals surface area contributed by atoms with Gasteiger partial charge in [0.05, 0.1) is 12.6 Å². The summed E-state index contributed by atoms with van der Waals surface area (Å²) in [5, 5.41) is 17.0. The number of alkyl halides is 2. The summed E-state index contributed by atoms with van der Waals surface area (Å²) < 4.78 is 29.6. The van der Waals surface area contributed by atoms with Gasteiger partial charge in [0.25, 0.3) is 5.91 Å². The standard InChI is InChI=1S/C24H27F2N3O4S/c1-23(2,3)13-4-6-14(7-5-13)24(25,26)22(33)27-10-18-15-11-29(21(32)16(15)12-34-18)17-8-9-19(30)28-20(17)31/h4-7,12,17,21,32H,8-11H2,1-3H3,(H,27,33)(H,28,30,31). The predicted octanol–water partition coefficient (Wildman–Crippen LogP) is 3.07. The highest BCUT2D eigenvalue weighted by Gasteiger charge is 2.43. The second kappa shape index (κ2) is 8.83. The Morgan fingerprint density at radius 3 is 2.47 bits per heavy atom. The molecule has 1 aromatic carbocycles. The van der Waals surface area contributed by atoms with E-state index in [2.05, 4.69) is 10.6 Å². The minimum atomic E-state index is -3.70. The molecule has 10 heteroatoms. The monoisotopic (exact) mass is 491 g/mol. The molecule has 4 rings (SSSR count). The molecule has 0 saturated carbocycles. The van der Waals surface area contributed by atoms with Gasteiger partial charge in [0, 0.05) is 29.0 Å². The van der Waals surface area contributed by atoms with E-state index in [4.69, 9.17) is 0 Å². The van der Waals surface area contributed by atoms with Gasteiger partial charge in [0.1, 0.15) is 6.23 Å². The zero-order valence-corrected chi connectivity index (χ0v) is 20.0. The van der Waals surface area contributed by atoms with Gasteiger partial charge in [-0.3, -0.25) is 24.6 Å². The molecule has 182 valence electrons. The van der Waals surface area contributed by atoms with Crippen molar-refractivity contribution in [2.75, 3.05) is 0 Å². The molecule has 2 aliphatic rings. The summed E-state index contributed by atoms with van der Waals surface area (Å²) in [6.45, 7) is 6.03. The molecule has 0 radical (unpaired) electrons. The number of carbonyl (C=O) groups excluding carboxylic acids is 3. The third-order valence-corrected chi connectivity index (χ3v) is 7.41. The Bertz CT molecular complexity index is 1120. The van der Waals surface area contributed by atoms with Crippen LogP contribution in [0.4, 0.5) is 8.78 Å². The fourth-order valence-electron chi connectivity index (χ4n) is 4.29. The highest BCUT2D eigenvalue weighted by atomic mass is 32.1. The summed E-state index contributed by atoms with van der Waals surface area (Å²) >= 11 is 1.26. The number of fused-ring (bicyclic) bond motifs is 1. The quantitative estimate of drug-likeness (QED) is 0.559. The van der Waals surface area contributed by atoms with Gasteiger partial charge >= 0.3 is 5.92 Å². The zero-order chi connectivity index (χ0) is 24.8. The Hall–Kier alpha value is -2.69. The van der Waals surface area contributed by atoms with Crippen LogP contribution >= 0.6 is 11.3 Å². The number of halogens is 2. The van der Waals surface area contributed by atoms with Gasteiger partial charge in [-0.15, -0.1) is 11.3 Å². The molecule has 2 aromatic rings. The second-order valence-electron chi connectivity index (χ2n) is 9.69. The molecule has 2 atom stereocenters. The maximum absolute atomic E-state index is 14.8. The van der Waals surface area contributed by atoms with Crippen molar-refractivity contribution in [2.45, 2.75) is 70.3 Å². The normalized spacial score (nSPS) is 21.4. The van der Waals surface area contributed by atoms with Crippen molar-refractivity contribution in [1.29, 1.82) is 0 Å². The van der Waals surface area contributed by atoms with Crippen LogP contribution in [0, 0.1) is 0 Å². The number of aliphatic hydroxyl groups excluding tert-OH is 1. The van der Waals surface area contributed by atoms with Gasteiger partial charge in [-0.2, -0.15) is 8.78 Å². The average molecular weight is 492 g/mol.